The third kappa shape index (κ3) is 5.74. The van der Waals surface area contributed by atoms with Gasteiger partial charge in [0.15, 0.2) is 0 Å². The van der Waals surface area contributed by atoms with Crippen LogP contribution in [0.5, 0.6) is 5.75 Å². The number of carbonyl (C=O) groups is 1. The summed E-state index contributed by atoms with van der Waals surface area (Å²) in [4.78, 5) is 19.3. The van der Waals surface area contributed by atoms with Gasteiger partial charge in [-0.15, -0.1) is 0 Å². The van der Waals surface area contributed by atoms with Crippen LogP contribution in [0.1, 0.15) is 27.2 Å². The molecule has 2 aromatic heterocycles. The van der Waals surface area contributed by atoms with Crippen molar-refractivity contribution in [2.75, 3.05) is 18.9 Å². The lowest BCUT2D eigenvalue weighted by Crippen LogP contribution is -2.27. The minimum atomic E-state index is -4.10. The van der Waals surface area contributed by atoms with E-state index in [1.165, 1.54) is 30.5 Å². The molecule has 0 aliphatic heterocycles. The Morgan fingerprint density at radius 1 is 1.07 bits per heavy atom. The smallest absolute Gasteiger partial charge is 0.264 e. The molecule has 42 heavy (non-hydrogen) atoms. The number of oxazole rings is 1. The summed E-state index contributed by atoms with van der Waals surface area (Å²) in [7, 11) is -0.980. The summed E-state index contributed by atoms with van der Waals surface area (Å²) in [5.74, 6) is 0.473. The van der Waals surface area contributed by atoms with Gasteiger partial charge in [-0.3, -0.25) is 4.79 Å². The molecule has 5 aromatic rings. The van der Waals surface area contributed by atoms with E-state index in [0.717, 1.165) is 0 Å². The van der Waals surface area contributed by atoms with Crippen molar-refractivity contribution in [2.24, 2.45) is 0 Å². The first kappa shape index (κ1) is 28.9. The lowest BCUT2D eigenvalue weighted by molar-refractivity contribution is 0.0782. The topological polar surface area (TPSA) is 128 Å². The quantitative estimate of drug-likeness (QED) is 0.206. The van der Waals surface area contributed by atoms with Crippen LogP contribution in [0.2, 0.25) is 5.02 Å². The standard InChI is InChI=1S/C30H27ClN4O6S/c1-18-19(2)33-41-28(18)34-42(37,38)27-8-6-5-7-24(27)23-11-9-20(29-32-13-14-40-29)15-21(23)17-35(3)30(36)25-16-22(31)10-12-26(25)39-4/h5-16,34H,17H2,1-4H3. The maximum atomic E-state index is 13.6. The number of halogens is 1. The molecule has 0 atom stereocenters. The fraction of sp³-hybridized carbons (Fsp3) is 0.167. The Balaban J connectivity index is 1.59. The maximum absolute atomic E-state index is 13.6. The highest BCUT2D eigenvalue weighted by atomic mass is 35.5. The molecule has 0 saturated carbocycles. The number of hydrogen-bond acceptors (Lipinski definition) is 8. The number of anilines is 1. The minimum Gasteiger partial charge on any atom is -0.496 e. The largest absolute Gasteiger partial charge is 0.496 e. The van der Waals surface area contributed by atoms with Gasteiger partial charge in [-0.25, -0.2) is 18.1 Å². The number of ether oxygens (including phenoxy) is 1. The lowest BCUT2D eigenvalue weighted by atomic mass is 9.96. The van der Waals surface area contributed by atoms with E-state index >= 15 is 0 Å². The normalized spacial score (nSPS) is 11.4. The zero-order valence-corrected chi connectivity index (χ0v) is 24.8. The second-order valence-corrected chi connectivity index (χ2v) is 11.6. The van der Waals surface area contributed by atoms with Gasteiger partial charge in [0.2, 0.25) is 11.8 Å². The molecule has 0 aliphatic rings. The van der Waals surface area contributed by atoms with Crippen LogP contribution in [-0.4, -0.2) is 43.5 Å². The molecule has 0 aliphatic carbocycles. The highest BCUT2D eigenvalue weighted by Crippen LogP contribution is 2.35. The molecule has 0 spiro atoms. The summed E-state index contributed by atoms with van der Waals surface area (Å²) in [6, 6.07) is 16.8. The molecule has 5 rings (SSSR count). The van der Waals surface area contributed by atoms with Crippen molar-refractivity contribution in [1.29, 1.82) is 0 Å². The van der Waals surface area contributed by atoms with E-state index in [1.54, 1.807) is 69.4 Å². The predicted octanol–water partition coefficient (Wildman–Crippen LogP) is 6.35. The molecule has 2 heterocycles. The molecule has 1 amide bonds. The molecule has 0 saturated heterocycles. The molecule has 0 bridgehead atoms. The number of aryl methyl sites for hydroxylation is 1. The molecule has 0 unspecified atom stereocenters. The van der Waals surface area contributed by atoms with Crippen molar-refractivity contribution in [1.82, 2.24) is 15.0 Å². The molecule has 12 heteroatoms. The van der Waals surface area contributed by atoms with Crippen LogP contribution in [0.4, 0.5) is 5.88 Å². The van der Waals surface area contributed by atoms with E-state index in [0.29, 0.717) is 55.7 Å². The third-order valence-electron chi connectivity index (χ3n) is 6.78. The zero-order chi connectivity index (χ0) is 30.0. The van der Waals surface area contributed by atoms with Gasteiger partial charge in [0.25, 0.3) is 15.9 Å². The highest BCUT2D eigenvalue weighted by molar-refractivity contribution is 7.92. The van der Waals surface area contributed by atoms with Crippen LogP contribution in [0.15, 0.2) is 87.0 Å². The van der Waals surface area contributed by atoms with Gasteiger partial charge in [-0.2, -0.15) is 0 Å². The first-order valence-corrected chi connectivity index (χ1v) is 14.6. The van der Waals surface area contributed by atoms with E-state index in [2.05, 4.69) is 14.9 Å². The van der Waals surface area contributed by atoms with Crippen LogP contribution in [0.25, 0.3) is 22.6 Å². The van der Waals surface area contributed by atoms with Crippen molar-refractivity contribution in [3.05, 3.63) is 101 Å². The number of aromatic nitrogens is 2. The summed E-state index contributed by atoms with van der Waals surface area (Å²) < 4.78 is 45.8. The van der Waals surface area contributed by atoms with Gasteiger partial charge in [0.1, 0.15) is 12.0 Å². The number of hydrogen-bond donors (Lipinski definition) is 1. The first-order chi connectivity index (χ1) is 20.1. The van der Waals surface area contributed by atoms with Crippen LogP contribution in [0, 0.1) is 13.8 Å². The SMILES string of the molecule is COc1ccc(Cl)cc1C(=O)N(C)Cc1cc(-c2ncco2)ccc1-c1ccccc1S(=O)(=O)Nc1onc(C)c1C. The average Bonchev–Trinajstić information content (AvgIpc) is 3.63. The summed E-state index contributed by atoms with van der Waals surface area (Å²) in [6.07, 6.45) is 3.00. The molecule has 1 N–H and O–H groups in total. The van der Waals surface area contributed by atoms with Crippen LogP contribution in [0.3, 0.4) is 0 Å². The van der Waals surface area contributed by atoms with Crippen molar-refractivity contribution in [2.45, 2.75) is 25.3 Å². The van der Waals surface area contributed by atoms with E-state index in [4.69, 9.17) is 25.3 Å². The summed E-state index contributed by atoms with van der Waals surface area (Å²) in [6.45, 7) is 3.56. The molecule has 0 radical (unpaired) electrons. The Hall–Kier alpha value is -4.61. The second-order valence-electron chi connectivity index (χ2n) is 9.54. The van der Waals surface area contributed by atoms with Gasteiger partial charge in [0, 0.05) is 35.3 Å². The van der Waals surface area contributed by atoms with Crippen molar-refractivity contribution in [3.8, 4) is 28.3 Å². The van der Waals surface area contributed by atoms with Gasteiger partial charge >= 0.3 is 0 Å². The van der Waals surface area contributed by atoms with E-state index in [9.17, 15) is 13.2 Å². The Bertz CT molecular complexity index is 1870. The summed E-state index contributed by atoms with van der Waals surface area (Å²) in [5.41, 5.74) is 3.78. The van der Waals surface area contributed by atoms with E-state index < -0.39 is 10.0 Å². The van der Waals surface area contributed by atoms with Crippen LogP contribution >= 0.6 is 11.6 Å². The molecule has 216 valence electrons. The molecule has 3 aromatic carbocycles. The van der Waals surface area contributed by atoms with Crippen molar-refractivity contribution < 1.29 is 26.9 Å². The molecular formula is C30H27ClN4O6S. The summed E-state index contributed by atoms with van der Waals surface area (Å²) >= 11 is 6.18. The third-order valence-corrected chi connectivity index (χ3v) is 8.41. The van der Waals surface area contributed by atoms with Gasteiger partial charge < -0.3 is 18.6 Å². The number of rotatable bonds is 9. The summed E-state index contributed by atoms with van der Waals surface area (Å²) in [5, 5.41) is 4.23. The fourth-order valence-corrected chi connectivity index (χ4v) is 5.92. The van der Waals surface area contributed by atoms with Crippen LogP contribution < -0.4 is 9.46 Å². The van der Waals surface area contributed by atoms with E-state index in [-0.39, 0.29) is 23.2 Å². The first-order valence-electron chi connectivity index (χ1n) is 12.8. The van der Waals surface area contributed by atoms with Crippen LogP contribution in [-0.2, 0) is 16.6 Å². The van der Waals surface area contributed by atoms with Crippen molar-refractivity contribution in [3.63, 3.8) is 0 Å². The Labute approximate surface area is 247 Å². The number of nitrogens with one attached hydrogen (secondary N) is 1. The number of amides is 1. The number of carbonyl (C=O) groups excluding carboxylic acids is 1. The lowest BCUT2D eigenvalue weighted by Gasteiger charge is -2.22. The van der Waals surface area contributed by atoms with Gasteiger partial charge in [-0.05, 0) is 61.4 Å². The molecule has 10 nitrogen and oxygen atoms in total. The van der Waals surface area contributed by atoms with E-state index in [1.807, 2.05) is 6.07 Å². The predicted molar refractivity (Wildman–Crippen MR) is 158 cm³/mol. The fourth-order valence-electron chi connectivity index (χ4n) is 4.48. The average molecular weight is 607 g/mol. The van der Waals surface area contributed by atoms with Gasteiger partial charge in [0.05, 0.1) is 29.5 Å². The monoisotopic (exact) mass is 606 g/mol. The number of sulfonamides is 1. The minimum absolute atomic E-state index is 0.0223. The number of methoxy groups -OCH3 is 1. The second kappa shape index (κ2) is 11.7. The molecule has 0 fully saturated rings. The Kier molecular flexibility index (Phi) is 8.06. The Morgan fingerprint density at radius 2 is 1.86 bits per heavy atom. The number of benzene rings is 3. The van der Waals surface area contributed by atoms with Gasteiger partial charge in [-0.1, -0.05) is 41.0 Å². The number of nitrogens with zero attached hydrogens (tertiary/aromatic N) is 3. The Morgan fingerprint density at radius 3 is 2.55 bits per heavy atom. The maximum Gasteiger partial charge on any atom is 0.264 e. The van der Waals surface area contributed by atoms with Crippen molar-refractivity contribution >= 4 is 33.4 Å². The zero-order valence-electron chi connectivity index (χ0n) is 23.2. The highest BCUT2D eigenvalue weighted by Gasteiger charge is 2.25. The molecular weight excluding hydrogens is 580 g/mol.